The van der Waals surface area contributed by atoms with Crippen LogP contribution in [0.4, 0.5) is 0 Å². The fourth-order valence-electron chi connectivity index (χ4n) is 3.71. The van der Waals surface area contributed by atoms with E-state index in [2.05, 4.69) is 17.3 Å². The van der Waals surface area contributed by atoms with E-state index in [0.29, 0.717) is 19.8 Å². The first-order chi connectivity index (χ1) is 11.8. The number of hydrogen-bond acceptors (Lipinski definition) is 5. The monoisotopic (exact) mass is 331 g/mol. The molecule has 1 saturated carbocycles. The summed E-state index contributed by atoms with van der Waals surface area (Å²) in [6.07, 6.45) is 6.37. The van der Waals surface area contributed by atoms with E-state index >= 15 is 0 Å². The third kappa shape index (κ3) is 3.63. The molecule has 2 heterocycles. The second-order valence-electron chi connectivity index (χ2n) is 6.92. The lowest BCUT2D eigenvalue weighted by molar-refractivity contribution is -0.197. The molecule has 1 aliphatic carbocycles. The Labute approximate surface area is 142 Å². The van der Waals surface area contributed by atoms with Gasteiger partial charge in [-0.1, -0.05) is 41.9 Å². The Balaban J connectivity index is 1.22. The predicted molar refractivity (Wildman–Crippen MR) is 89.7 cm³/mol. The van der Waals surface area contributed by atoms with Crippen LogP contribution in [0.2, 0.25) is 0 Å². The van der Waals surface area contributed by atoms with Crippen molar-refractivity contribution < 1.29 is 19.0 Å². The van der Waals surface area contributed by atoms with Crippen LogP contribution in [-0.2, 0) is 25.7 Å². The molecule has 5 nitrogen and oxygen atoms in total. The van der Waals surface area contributed by atoms with Crippen LogP contribution in [0.1, 0.15) is 44.1 Å². The van der Waals surface area contributed by atoms with Gasteiger partial charge in [-0.15, -0.1) is 0 Å². The van der Waals surface area contributed by atoms with Crippen LogP contribution < -0.4 is 0 Å². The molecule has 5 heteroatoms. The number of rotatable bonds is 5. The summed E-state index contributed by atoms with van der Waals surface area (Å²) < 4.78 is 18.0. The molecule has 1 aromatic carbocycles. The van der Waals surface area contributed by atoms with Crippen molar-refractivity contribution in [2.24, 2.45) is 5.16 Å². The smallest absolute Gasteiger partial charge is 0.169 e. The van der Waals surface area contributed by atoms with Crippen molar-refractivity contribution in [2.45, 2.75) is 63.1 Å². The molecule has 0 bridgehead atoms. The minimum atomic E-state index is -0.348. The molecule has 130 valence electrons. The standard InChI is InChI=1S/C19H25NO4/c1-3-7-15(8-4-1)12-21-13-16-11-17(24-20-16)18-14-22-19(23-18)9-5-2-6-10-19/h1,3-4,7-8,17-18H,2,5-6,9-14H2/t17-,18-/m1/s1. The van der Waals surface area contributed by atoms with Crippen molar-refractivity contribution >= 4 is 5.71 Å². The summed E-state index contributed by atoms with van der Waals surface area (Å²) in [5.41, 5.74) is 2.12. The average molecular weight is 331 g/mol. The zero-order chi connectivity index (χ0) is 16.2. The molecule has 24 heavy (non-hydrogen) atoms. The molecule has 2 fully saturated rings. The van der Waals surface area contributed by atoms with Crippen LogP contribution in [0.25, 0.3) is 0 Å². The summed E-state index contributed by atoms with van der Waals surface area (Å²) >= 11 is 0. The van der Waals surface area contributed by atoms with Crippen LogP contribution in [0, 0.1) is 0 Å². The molecule has 2 aliphatic heterocycles. The SMILES string of the molecule is c1ccc(COCC2=NO[C@@H]([C@H]3COC4(CCCCC4)O3)C2)cc1. The van der Waals surface area contributed by atoms with Gasteiger partial charge in [-0.3, -0.25) is 0 Å². The molecule has 3 aliphatic rings. The second kappa shape index (κ2) is 7.21. The van der Waals surface area contributed by atoms with Gasteiger partial charge in [0.1, 0.15) is 6.10 Å². The maximum absolute atomic E-state index is 6.23. The topological polar surface area (TPSA) is 49.3 Å². The molecular weight excluding hydrogens is 306 g/mol. The predicted octanol–water partition coefficient (Wildman–Crippen LogP) is 3.42. The first kappa shape index (κ1) is 16.1. The normalized spacial score (nSPS) is 28.8. The zero-order valence-corrected chi connectivity index (χ0v) is 14.0. The number of ether oxygens (including phenoxy) is 3. The van der Waals surface area contributed by atoms with E-state index in [-0.39, 0.29) is 18.0 Å². The van der Waals surface area contributed by atoms with Crippen molar-refractivity contribution in [1.29, 1.82) is 0 Å². The van der Waals surface area contributed by atoms with E-state index in [9.17, 15) is 0 Å². The van der Waals surface area contributed by atoms with Crippen LogP contribution in [0.15, 0.2) is 35.5 Å². The summed E-state index contributed by atoms with van der Waals surface area (Å²) in [7, 11) is 0. The van der Waals surface area contributed by atoms with Gasteiger partial charge in [0.15, 0.2) is 11.9 Å². The number of nitrogens with zero attached hydrogens (tertiary/aromatic N) is 1. The van der Waals surface area contributed by atoms with E-state index in [4.69, 9.17) is 19.0 Å². The fourth-order valence-corrected chi connectivity index (χ4v) is 3.71. The van der Waals surface area contributed by atoms with E-state index in [1.165, 1.54) is 24.8 Å². The first-order valence-corrected chi connectivity index (χ1v) is 8.98. The number of oxime groups is 1. The first-order valence-electron chi connectivity index (χ1n) is 8.98. The Morgan fingerprint density at radius 1 is 1.04 bits per heavy atom. The van der Waals surface area contributed by atoms with E-state index in [1.54, 1.807) is 0 Å². The Kier molecular flexibility index (Phi) is 4.83. The molecule has 4 rings (SSSR count). The zero-order valence-electron chi connectivity index (χ0n) is 14.0. The Bertz CT molecular complexity index is 568. The molecule has 0 radical (unpaired) electrons. The average Bonchev–Trinajstić information content (AvgIpc) is 3.24. The number of benzene rings is 1. The lowest BCUT2D eigenvalue weighted by atomic mass is 9.94. The highest BCUT2D eigenvalue weighted by Gasteiger charge is 2.46. The highest BCUT2D eigenvalue weighted by Crippen LogP contribution is 2.39. The lowest BCUT2D eigenvalue weighted by Gasteiger charge is -2.32. The summed E-state index contributed by atoms with van der Waals surface area (Å²) in [5.74, 6) is -0.348. The van der Waals surface area contributed by atoms with E-state index in [1.807, 2.05) is 18.2 Å². The Morgan fingerprint density at radius 2 is 1.88 bits per heavy atom. The molecule has 0 aromatic heterocycles. The fraction of sp³-hybridized carbons (Fsp3) is 0.632. The molecule has 1 spiro atoms. The molecule has 0 N–H and O–H groups in total. The van der Waals surface area contributed by atoms with Gasteiger partial charge in [0.05, 0.1) is 25.5 Å². The maximum Gasteiger partial charge on any atom is 0.169 e. The molecule has 0 amide bonds. The summed E-state index contributed by atoms with van der Waals surface area (Å²) in [4.78, 5) is 5.59. The van der Waals surface area contributed by atoms with Crippen LogP contribution >= 0.6 is 0 Å². The molecule has 1 aromatic rings. The van der Waals surface area contributed by atoms with Gasteiger partial charge in [0.2, 0.25) is 0 Å². The van der Waals surface area contributed by atoms with Crippen molar-refractivity contribution in [3.05, 3.63) is 35.9 Å². The second-order valence-corrected chi connectivity index (χ2v) is 6.92. The minimum absolute atomic E-state index is 0.0153. The van der Waals surface area contributed by atoms with Crippen LogP contribution in [0.5, 0.6) is 0 Å². The summed E-state index contributed by atoms with van der Waals surface area (Å²) in [6, 6.07) is 10.2. The van der Waals surface area contributed by atoms with Crippen LogP contribution in [-0.4, -0.2) is 36.9 Å². The Morgan fingerprint density at radius 3 is 2.71 bits per heavy atom. The van der Waals surface area contributed by atoms with Gasteiger partial charge >= 0.3 is 0 Å². The van der Waals surface area contributed by atoms with Gasteiger partial charge in [0.25, 0.3) is 0 Å². The summed E-state index contributed by atoms with van der Waals surface area (Å²) in [5, 5.41) is 4.18. The largest absolute Gasteiger partial charge is 0.389 e. The quantitative estimate of drug-likeness (QED) is 0.829. The van der Waals surface area contributed by atoms with Crippen molar-refractivity contribution in [3.8, 4) is 0 Å². The highest BCUT2D eigenvalue weighted by atomic mass is 16.8. The third-order valence-electron chi connectivity index (χ3n) is 5.04. The van der Waals surface area contributed by atoms with E-state index in [0.717, 1.165) is 25.0 Å². The van der Waals surface area contributed by atoms with Gasteiger partial charge in [-0.25, -0.2) is 0 Å². The van der Waals surface area contributed by atoms with Gasteiger partial charge < -0.3 is 19.0 Å². The summed E-state index contributed by atoms with van der Waals surface area (Å²) in [6.45, 7) is 1.71. The maximum atomic E-state index is 6.23. The van der Waals surface area contributed by atoms with Gasteiger partial charge in [-0.05, 0) is 18.4 Å². The van der Waals surface area contributed by atoms with E-state index < -0.39 is 0 Å². The molecule has 2 atom stereocenters. The number of hydrogen-bond donors (Lipinski definition) is 0. The minimum Gasteiger partial charge on any atom is -0.389 e. The Hall–Kier alpha value is -1.43. The molecule has 1 saturated heterocycles. The van der Waals surface area contributed by atoms with Crippen LogP contribution in [0.3, 0.4) is 0 Å². The third-order valence-corrected chi connectivity index (χ3v) is 5.04. The van der Waals surface area contributed by atoms with Crippen molar-refractivity contribution in [3.63, 3.8) is 0 Å². The lowest BCUT2D eigenvalue weighted by Crippen LogP contribution is -2.36. The highest BCUT2D eigenvalue weighted by molar-refractivity contribution is 5.86. The van der Waals surface area contributed by atoms with Gasteiger partial charge in [-0.2, -0.15) is 0 Å². The van der Waals surface area contributed by atoms with Gasteiger partial charge in [0, 0.05) is 19.3 Å². The molecule has 0 unspecified atom stereocenters. The molecular formula is C19H25NO4. The van der Waals surface area contributed by atoms with Crippen molar-refractivity contribution in [1.82, 2.24) is 0 Å². The van der Waals surface area contributed by atoms with Crippen molar-refractivity contribution in [2.75, 3.05) is 13.2 Å².